The molecule has 1 aliphatic rings. The van der Waals surface area contributed by atoms with Gasteiger partial charge in [-0.05, 0) is 37.8 Å². The molecule has 4 nitrogen and oxygen atoms in total. The molecule has 5 heteroatoms. The van der Waals surface area contributed by atoms with Crippen LogP contribution in [-0.4, -0.2) is 17.5 Å². The van der Waals surface area contributed by atoms with Gasteiger partial charge < -0.3 is 4.90 Å². The van der Waals surface area contributed by atoms with Gasteiger partial charge in [-0.2, -0.15) is 0 Å². The van der Waals surface area contributed by atoms with Crippen molar-refractivity contribution in [3.8, 4) is 0 Å². The van der Waals surface area contributed by atoms with E-state index in [0.717, 1.165) is 30.6 Å². The second-order valence-electron chi connectivity index (χ2n) is 4.75. The van der Waals surface area contributed by atoms with Gasteiger partial charge in [0.25, 0.3) is 5.69 Å². The molecule has 0 aliphatic carbocycles. The van der Waals surface area contributed by atoms with Crippen molar-refractivity contribution in [3.63, 3.8) is 0 Å². The molecule has 0 N–H and O–H groups in total. The fourth-order valence-electron chi connectivity index (χ4n) is 2.50. The van der Waals surface area contributed by atoms with Crippen molar-refractivity contribution >= 4 is 27.3 Å². The molecule has 0 amide bonds. The van der Waals surface area contributed by atoms with Gasteiger partial charge in [0.2, 0.25) is 0 Å². The molecule has 1 aromatic carbocycles. The van der Waals surface area contributed by atoms with Crippen molar-refractivity contribution < 1.29 is 4.92 Å². The lowest BCUT2D eigenvalue weighted by molar-refractivity contribution is -0.384. The molecule has 1 atom stereocenters. The Balaban J connectivity index is 2.39. The number of halogens is 1. The minimum Gasteiger partial charge on any atom is -0.363 e. The minimum absolute atomic E-state index is 0.223. The Labute approximate surface area is 115 Å². The van der Waals surface area contributed by atoms with E-state index in [9.17, 15) is 10.1 Å². The number of hydrogen-bond donors (Lipinski definition) is 0. The van der Waals surface area contributed by atoms with Gasteiger partial charge in [0.15, 0.2) is 0 Å². The van der Waals surface area contributed by atoms with Crippen LogP contribution in [0.4, 0.5) is 11.4 Å². The van der Waals surface area contributed by atoms with E-state index >= 15 is 0 Å². The van der Waals surface area contributed by atoms with Crippen molar-refractivity contribution in [3.05, 3.63) is 33.9 Å². The van der Waals surface area contributed by atoms with Gasteiger partial charge in [-0.3, -0.25) is 10.1 Å². The van der Waals surface area contributed by atoms with Crippen molar-refractivity contribution in [2.24, 2.45) is 0 Å². The smallest absolute Gasteiger partial charge is 0.292 e. The quantitative estimate of drug-likeness (QED) is 0.483. The summed E-state index contributed by atoms with van der Waals surface area (Å²) in [4.78, 5) is 13.1. The highest BCUT2D eigenvalue weighted by molar-refractivity contribution is 9.08. The Morgan fingerprint density at radius 1 is 1.50 bits per heavy atom. The van der Waals surface area contributed by atoms with Crippen molar-refractivity contribution in [1.82, 2.24) is 0 Å². The van der Waals surface area contributed by atoms with Crippen LogP contribution in [0.25, 0.3) is 0 Å². The first-order valence-electron chi connectivity index (χ1n) is 6.23. The van der Waals surface area contributed by atoms with Crippen LogP contribution in [0.15, 0.2) is 18.2 Å². The molecule has 1 heterocycles. The number of alkyl halides is 1. The fraction of sp³-hybridized carbons (Fsp3) is 0.538. The van der Waals surface area contributed by atoms with Gasteiger partial charge in [-0.15, -0.1) is 0 Å². The Morgan fingerprint density at radius 2 is 2.28 bits per heavy atom. The molecule has 18 heavy (non-hydrogen) atoms. The maximum Gasteiger partial charge on any atom is 0.292 e. The number of piperidine rings is 1. The number of hydrogen-bond acceptors (Lipinski definition) is 3. The van der Waals surface area contributed by atoms with Crippen LogP contribution in [0.3, 0.4) is 0 Å². The van der Waals surface area contributed by atoms with E-state index in [0.29, 0.717) is 11.4 Å². The Kier molecular flexibility index (Phi) is 4.22. The molecule has 0 bridgehead atoms. The Morgan fingerprint density at radius 3 is 2.89 bits per heavy atom. The fourth-order valence-corrected chi connectivity index (χ4v) is 2.85. The maximum atomic E-state index is 11.2. The lowest BCUT2D eigenvalue weighted by atomic mass is 10.0. The minimum atomic E-state index is -0.275. The first-order valence-corrected chi connectivity index (χ1v) is 7.35. The molecule has 0 spiro atoms. The summed E-state index contributed by atoms with van der Waals surface area (Å²) in [5.74, 6) is 0. The van der Waals surface area contributed by atoms with Gasteiger partial charge in [0.05, 0.1) is 4.92 Å². The van der Waals surface area contributed by atoms with E-state index in [1.807, 2.05) is 12.1 Å². The first kappa shape index (κ1) is 13.3. The molecular formula is C13H17BrN2O2. The zero-order valence-corrected chi connectivity index (χ0v) is 12.0. The van der Waals surface area contributed by atoms with Gasteiger partial charge in [-0.25, -0.2) is 0 Å². The standard InChI is InChI=1S/C13H17BrN2O2/c1-10-4-2-3-7-15(10)12-6-5-11(9-14)8-13(12)16(17)18/h5-6,8,10H,2-4,7,9H2,1H3. The predicted octanol–water partition coefficient (Wildman–Crippen LogP) is 3.87. The number of rotatable bonds is 3. The van der Waals surface area contributed by atoms with Crippen molar-refractivity contribution in [2.45, 2.75) is 37.6 Å². The lowest BCUT2D eigenvalue weighted by Crippen LogP contribution is -2.37. The monoisotopic (exact) mass is 312 g/mol. The summed E-state index contributed by atoms with van der Waals surface area (Å²) in [6, 6.07) is 5.90. The maximum absolute atomic E-state index is 11.2. The van der Waals surface area contributed by atoms with E-state index in [4.69, 9.17) is 0 Å². The third kappa shape index (κ3) is 2.66. The Hall–Kier alpha value is -1.10. The second kappa shape index (κ2) is 5.69. The number of nitrogens with zero attached hydrogens (tertiary/aromatic N) is 2. The third-order valence-electron chi connectivity index (χ3n) is 3.50. The van der Waals surface area contributed by atoms with Crippen LogP contribution in [0, 0.1) is 10.1 Å². The van der Waals surface area contributed by atoms with Crippen LogP contribution < -0.4 is 4.90 Å². The van der Waals surface area contributed by atoms with Crippen LogP contribution in [0.2, 0.25) is 0 Å². The number of benzene rings is 1. The normalized spacial score (nSPS) is 19.9. The zero-order chi connectivity index (χ0) is 13.1. The molecule has 98 valence electrons. The number of nitro benzene ring substituents is 1. The van der Waals surface area contributed by atoms with Gasteiger partial charge >= 0.3 is 0 Å². The van der Waals surface area contributed by atoms with Crippen LogP contribution in [0.5, 0.6) is 0 Å². The van der Waals surface area contributed by atoms with E-state index in [1.165, 1.54) is 6.42 Å². The van der Waals surface area contributed by atoms with E-state index in [2.05, 4.69) is 27.8 Å². The second-order valence-corrected chi connectivity index (χ2v) is 5.31. The highest BCUT2D eigenvalue weighted by Gasteiger charge is 2.25. The van der Waals surface area contributed by atoms with Crippen LogP contribution in [-0.2, 0) is 5.33 Å². The average Bonchev–Trinajstić information content (AvgIpc) is 2.38. The summed E-state index contributed by atoms with van der Waals surface area (Å²) < 4.78 is 0. The number of nitro groups is 1. The SMILES string of the molecule is CC1CCCCN1c1ccc(CBr)cc1[N+](=O)[O-]. The van der Waals surface area contributed by atoms with Crippen molar-refractivity contribution in [2.75, 3.05) is 11.4 Å². The summed E-state index contributed by atoms with van der Waals surface area (Å²) in [6.45, 7) is 3.05. The van der Waals surface area contributed by atoms with E-state index in [-0.39, 0.29) is 10.6 Å². The van der Waals surface area contributed by atoms with Gasteiger partial charge in [0.1, 0.15) is 5.69 Å². The van der Waals surface area contributed by atoms with Gasteiger partial charge in [0, 0.05) is 24.0 Å². The summed E-state index contributed by atoms with van der Waals surface area (Å²) in [5, 5.41) is 11.8. The zero-order valence-electron chi connectivity index (χ0n) is 10.4. The summed E-state index contributed by atoms with van der Waals surface area (Å²) in [7, 11) is 0. The summed E-state index contributed by atoms with van der Waals surface area (Å²) in [5.41, 5.74) is 1.92. The summed E-state index contributed by atoms with van der Waals surface area (Å²) in [6.07, 6.45) is 3.43. The molecule has 0 saturated carbocycles. The topological polar surface area (TPSA) is 46.4 Å². The molecule has 1 unspecified atom stereocenters. The molecule has 1 fully saturated rings. The van der Waals surface area contributed by atoms with Gasteiger partial charge in [-0.1, -0.05) is 22.0 Å². The molecule has 2 rings (SSSR count). The average molecular weight is 313 g/mol. The Bertz CT molecular complexity index is 451. The lowest BCUT2D eigenvalue weighted by Gasteiger charge is -2.35. The largest absolute Gasteiger partial charge is 0.363 e. The van der Waals surface area contributed by atoms with Crippen LogP contribution >= 0.6 is 15.9 Å². The molecule has 0 aromatic heterocycles. The molecule has 1 aromatic rings. The number of anilines is 1. The molecule has 1 aliphatic heterocycles. The summed E-state index contributed by atoms with van der Waals surface area (Å²) >= 11 is 3.34. The van der Waals surface area contributed by atoms with Crippen molar-refractivity contribution in [1.29, 1.82) is 0 Å². The van der Waals surface area contributed by atoms with E-state index in [1.54, 1.807) is 6.07 Å². The van der Waals surface area contributed by atoms with Crippen LogP contribution in [0.1, 0.15) is 31.7 Å². The first-order chi connectivity index (χ1) is 8.63. The molecular weight excluding hydrogens is 296 g/mol. The predicted molar refractivity (Wildman–Crippen MR) is 76.4 cm³/mol. The molecule has 0 radical (unpaired) electrons. The highest BCUT2D eigenvalue weighted by atomic mass is 79.9. The third-order valence-corrected chi connectivity index (χ3v) is 4.15. The van der Waals surface area contributed by atoms with E-state index < -0.39 is 0 Å². The molecule has 1 saturated heterocycles. The highest BCUT2D eigenvalue weighted by Crippen LogP contribution is 2.33.